The van der Waals surface area contributed by atoms with Crippen molar-refractivity contribution < 1.29 is 4.92 Å². The van der Waals surface area contributed by atoms with E-state index in [2.05, 4.69) is 10.1 Å². The Hall–Kier alpha value is -2.67. The number of rotatable bonds is 5. The first-order chi connectivity index (χ1) is 10.7. The molecule has 1 heterocycles. The average molecular weight is 312 g/mol. The molecule has 110 valence electrons. The van der Waals surface area contributed by atoms with Crippen LogP contribution < -0.4 is 0 Å². The van der Waals surface area contributed by atoms with Crippen LogP contribution in [0.15, 0.2) is 61.2 Å². The number of nitro groups is 1. The van der Waals surface area contributed by atoms with E-state index < -0.39 is 4.92 Å². The molecule has 0 N–H and O–H groups in total. The van der Waals surface area contributed by atoms with Gasteiger partial charge in [-0.05, 0) is 40.8 Å². The van der Waals surface area contributed by atoms with Crippen molar-refractivity contribution in [2.24, 2.45) is 0 Å². The predicted octanol–water partition coefficient (Wildman–Crippen LogP) is 3.55. The van der Waals surface area contributed by atoms with E-state index >= 15 is 0 Å². The minimum atomic E-state index is -0.393. The third-order valence-corrected chi connectivity index (χ3v) is 4.05. The lowest BCUT2D eigenvalue weighted by Crippen LogP contribution is -1.92. The van der Waals surface area contributed by atoms with E-state index in [1.807, 2.05) is 24.3 Å². The summed E-state index contributed by atoms with van der Waals surface area (Å²) in [5.74, 6) is 0.733. The third kappa shape index (κ3) is 3.15. The lowest BCUT2D eigenvalue weighted by atomic mass is 10.0. The number of nitro benzene ring substituents is 1. The maximum absolute atomic E-state index is 10.7. The first-order valence-electron chi connectivity index (χ1n) is 6.55. The van der Waals surface area contributed by atoms with Gasteiger partial charge in [0.25, 0.3) is 5.69 Å². The second kappa shape index (κ2) is 6.40. The molecule has 0 amide bonds. The monoisotopic (exact) mass is 312 g/mol. The summed E-state index contributed by atoms with van der Waals surface area (Å²) < 4.78 is 1.70. The maximum Gasteiger partial charge on any atom is 0.269 e. The fourth-order valence-electron chi connectivity index (χ4n) is 2.09. The fraction of sp³-hybridized carbons (Fsp3) is 0.0667. The van der Waals surface area contributed by atoms with Gasteiger partial charge in [-0.1, -0.05) is 24.3 Å². The third-order valence-electron chi connectivity index (χ3n) is 3.16. The Balaban J connectivity index is 1.85. The molecule has 0 saturated carbocycles. The first-order valence-corrected chi connectivity index (χ1v) is 7.49. The van der Waals surface area contributed by atoms with Crippen molar-refractivity contribution in [3.63, 3.8) is 0 Å². The van der Waals surface area contributed by atoms with Gasteiger partial charge in [-0.2, -0.15) is 4.09 Å². The van der Waals surface area contributed by atoms with Gasteiger partial charge in [0.05, 0.1) is 4.92 Å². The molecule has 0 saturated heterocycles. The molecule has 0 atom stereocenters. The molecule has 6 nitrogen and oxygen atoms in total. The molecule has 3 rings (SSSR count). The van der Waals surface area contributed by atoms with Crippen LogP contribution in [-0.2, 0) is 5.75 Å². The standard InChI is InChI=1S/C15H12N4O2S/c20-19(21)14-7-5-12(6-8-14)15-4-2-1-3-13(15)9-22-18-11-16-10-17-18/h1-8,10-11H,9H2. The zero-order chi connectivity index (χ0) is 15.4. The number of benzene rings is 2. The minimum Gasteiger partial charge on any atom is -0.258 e. The molecule has 0 fully saturated rings. The van der Waals surface area contributed by atoms with Crippen molar-refractivity contribution in [1.82, 2.24) is 14.2 Å². The Bertz CT molecular complexity index is 773. The smallest absolute Gasteiger partial charge is 0.258 e. The summed E-state index contributed by atoms with van der Waals surface area (Å²) in [6, 6.07) is 14.6. The number of aromatic nitrogens is 3. The van der Waals surface area contributed by atoms with Crippen LogP contribution in [0.2, 0.25) is 0 Å². The van der Waals surface area contributed by atoms with Crippen LogP contribution in [0.4, 0.5) is 5.69 Å². The van der Waals surface area contributed by atoms with Gasteiger partial charge in [-0.3, -0.25) is 10.1 Å². The molecule has 0 aliphatic rings. The number of hydrogen-bond donors (Lipinski definition) is 0. The molecule has 0 aliphatic heterocycles. The quantitative estimate of drug-likeness (QED) is 0.532. The van der Waals surface area contributed by atoms with Gasteiger partial charge in [-0.25, -0.2) is 4.98 Å². The highest BCUT2D eigenvalue weighted by Crippen LogP contribution is 2.28. The maximum atomic E-state index is 10.7. The summed E-state index contributed by atoms with van der Waals surface area (Å²) >= 11 is 1.53. The number of non-ortho nitro benzene ring substituents is 1. The summed E-state index contributed by atoms with van der Waals surface area (Å²) in [7, 11) is 0. The van der Waals surface area contributed by atoms with E-state index in [0.717, 1.165) is 22.4 Å². The summed E-state index contributed by atoms with van der Waals surface area (Å²) in [5.41, 5.74) is 3.25. The summed E-state index contributed by atoms with van der Waals surface area (Å²) in [6.07, 6.45) is 3.15. The Kier molecular flexibility index (Phi) is 4.15. The van der Waals surface area contributed by atoms with E-state index in [0.29, 0.717) is 0 Å². The van der Waals surface area contributed by atoms with Crippen molar-refractivity contribution in [2.75, 3.05) is 0 Å². The Morgan fingerprint density at radius 2 is 1.91 bits per heavy atom. The van der Waals surface area contributed by atoms with Crippen molar-refractivity contribution >= 4 is 17.6 Å². The van der Waals surface area contributed by atoms with E-state index in [9.17, 15) is 10.1 Å². The minimum absolute atomic E-state index is 0.0956. The summed E-state index contributed by atoms with van der Waals surface area (Å²) in [6.45, 7) is 0. The van der Waals surface area contributed by atoms with E-state index in [1.54, 1.807) is 22.5 Å². The highest BCUT2D eigenvalue weighted by atomic mass is 32.2. The Morgan fingerprint density at radius 3 is 2.59 bits per heavy atom. The molecular formula is C15H12N4O2S. The normalized spacial score (nSPS) is 10.5. The summed E-state index contributed by atoms with van der Waals surface area (Å²) in [4.78, 5) is 14.3. The topological polar surface area (TPSA) is 73.8 Å². The van der Waals surface area contributed by atoms with Crippen molar-refractivity contribution in [3.8, 4) is 11.1 Å². The number of nitrogens with zero attached hydrogens (tertiary/aromatic N) is 4. The van der Waals surface area contributed by atoms with Crippen LogP contribution in [0.25, 0.3) is 11.1 Å². The van der Waals surface area contributed by atoms with Crippen molar-refractivity contribution in [2.45, 2.75) is 5.75 Å². The SMILES string of the molecule is O=[N+]([O-])c1ccc(-c2ccccc2CSn2cncn2)cc1. The van der Waals surface area contributed by atoms with E-state index in [-0.39, 0.29) is 5.69 Å². The lowest BCUT2D eigenvalue weighted by Gasteiger charge is -2.09. The molecule has 7 heteroatoms. The van der Waals surface area contributed by atoms with Gasteiger partial charge in [0.1, 0.15) is 12.7 Å². The number of hydrogen-bond acceptors (Lipinski definition) is 5. The molecular weight excluding hydrogens is 300 g/mol. The zero-order valence-electron chi connectivity index (χ0n) is 11.5. The van der Waals surface area contributed by atoms with Gasteiger partial charge < -0.3 is 0 Å². The van der Waals surface area contributed by atoms with Crippen LogP contribution in [-0.4, -0.2) is 19.1 Å². The molecule has 2 aromatic carbocycles. The van der Waals surface area contributed by atoms with Crippen LogP contribution in [0.5, 0.6) is 0 Å². The molecule has 0 bridgehead atoms. The fourth-order valence-corrected chi connectivity index (χ4v) is 2.84. The molecule has 0 aliphatic carbocycles. The second-order valence-electron chi connectivity index (χ2n) is 4.53. The Morgan fingerprint density at radius 1 is 1.14 bits per heavy atom. The van der Waals surface area contributed by atoms with Gasteiger partial charge >= 0.3 is 0 Å². The van der Waals surface area contributed by atoms with Crippen molar-refractivity contribution in [3.05, 3.63) is 76.9 Å². The molecule has 3 aromatic rings. The van der Waals surface area contributed by atoms with Crippen LogP contribution in [0, 0.1) is 10.1 Å². The highest BCUT2D eigenvalue weighted by molar-refractivity contribution is 7.96. The second-order valence-corrected chi connectivity index (χ2v) is 5.45. The first kappa shape index (κ1) is 14.3. The zero-order valence-corrected chi connectivity index (χ0v) is 12.3. The predicted molar refractivity (Wildman–Crippen MR) is 85.2 cm³/mol. The Labute approximate surface area is 131 Å². The molecule has 22 heavy (non-hydrogen) atoms. The van der Waals surface area contributed by atoms with Crippen LogP contribution in [0.3, 0.4) is 0 Å². The average Bonchev–Trinajstić information content (AvgIpc) is 3.07. The largest absolute Gasteiger partial charge is 0.269 e. The van der Waals surface area contributed by atoms with Crippen LogP contribution in [0.1, 0.15) is 5.56 Å². The molecule has 0 radical (unpaired) electrons. The van der Waals surface area contributed by atoms with Gasteiger partial charge in [0, 0.05) is 17.9 Å². The van der Waals surface area contributed by atoms with Gasteiger partial charge in [0.2, 0.25) is 0 Å². The van der Waals surface area contributed by atoms with Gasteiger partial charge in [-0.15, -0.1) is 5.10 Å². The van der Waals surface area contributed by atoms with Gasteiger partial charge in [0.15, 0.2) is 0 Å². The van der Waals surface area contributed by atoms with Crippen molar-refractivity contribution in [1.29, 1.82) is 0 Å². The molecule has 0 spiro atoms. The van der Waals surface area contributed by atoms with E-state index in [4.69, 9.17) is 0 Å². The molecule has 0 unspecified atom stereocenters. The summed E-state index contributed by atoms with van der Waals surface area (Å²) in [5, 5.41) is 14.8. The lowest BCUT2D eigenvalue weighted by molar-refractivity contribution is -0.384. The highest BCUT2D eigenvalue weighted by Gasteiger charge is 2.08. The van der Waals surface area contributed by atoms with Crippen LogP contribution >= 0.6 is 11.9 Å². The van der Waals surface area contributed by atoms with E-state index in [1.165, 1.54) is 30.4 Å². The molecule has 1 aromatic heterocycles.